The molecule has 0 aliphatic carbocycles. The summed E-state index contributed by atoms with van der Waals surface area (Å²) in [5.41, 5.74) is 2.69. The van der Waals surface area contributed by atoms with Gasteiger partial charge in [-0.15, -0.1) is 0 Å². The minimum atomic E-state index is -3.95. The molecule has 2 atom stereocenters. The van der Waals surface area contributed by atoms with Gasteiger partial charge >= 0.3 is 0 Å². The SMILES string of the molecule is CCCC(C(=O)N(C)CC(O)CN1CCc2ccccc2CC1)S(N)(=O)=O. The molecular weight excluding hydrogens is 366 g/mol. The maximum absolute atomic E-state index is 12.5. The summed E-state index contributed by atoms with van der Waals surface area (Å²) in [6.07, 6.45) is 1.84. The van der Waals surface area contributed by atoms with Crippen molar-refractivity contribution in [2.45, 2.75) is 44.0 Å². The Morgan fingerprint density at radius 2 is 1.81 bits per heavy atom. The van der Waals surface area contributed by atoms with E-state index in [2.05, 4.69) is 17.0 Å². The number of sulfonamides is 1. The van der Waals surface area contributed by atoms with Gasteiger partial charge in [-0.25, -0.2) is 13.6 Å². The number of rotatable bonds is 8. The molecule has 152 valence electrons. The summed E-state index contributed by atoms with van der Waals surface area (Å²) in [6, 6.07) is 8.37. The number of nitrogens with two attached hydrogens (primary N) is 1. The van der Waals surface area contributed by atoms with E-state index in [9.17, 15) is 18.3 Å². The van der Waals surface area contributed by atoms with Crippen molar-refractivity contribution in [2.24, 2.45) is 5.14 Å². The lowest BCUT2D eigenvalue weighted by molar-refractivity contribution is -0.131. The van der Waals surface area contributed by atoms with E-state index in [0.29, 0.717) is 13.0 Å². The molecule has 0 saturated heterocycles. The van der Waals surface area contributed by atoms with Crippen LogP contribution in [-0.4, -0.2) is 73.8 Å². The van der Waals surface area contributed by atoms with E-state index in [1.165, 1.54) is 23.1 Å². The summed E-state index contributed by atoms with van der Waals surface area (Å²) in [5.74, 6) is -0.554. The zero-order chi connectivity index (χ0) is 20.0. The molecule has 0 radical (unpaired) electrons. The number of hydrogen-bond acceptors (Lipinski definition) is 5. The number of carbonyl (C=O) groups is 1. The molecule has 1 heterocycles. The molecule has 0 spiro atoms. The van der Waals surface area contributed by atoms with E-state index < -0.39 is 27.3 Å². The van der Waals surface area contributed by atoms with E-state index in [1.807, 2.05) is 12.1 Å². The molecule has 1 amide bonds. The van der Waals surface area contributed by atoms with E-state index in [4.69, 9.17) is 5.14 Å². The van der Waals surface area contributed by atoms with Crippen molar-refractivity contribution in [3.05, 3.63) is 35.4 Å². The lowest BCUT2D eigenvalue weighted by Gasteiger charge is -2.28. The van der Waals surface area contributed by atoms with Gasteiger partial charge in [-0.1, -0.05) is 37.6 Å². The third-order valence-electron chi connectivity index (χ3n) is 5.07. The third kappa shape index (κ3) is 6.27. The average Bonchev–Trinajstić information content (AvgIpc) is 2.80. The highest BCUT2D eigenvalue weighted by molar-refractivity contribution is 7.90. The summed E-state index contributed by atoms with van der Waals surface area (Å²) in [7, 11) is -2.44. The van der Waals surface area contributed by atoms with Crippen LogP contribution in [0, 0.1) is 0 Å². The van der Waals surface area contributed by atoms with Crippen LogP contribution in [0.2, 0.25) is 0 Å². The second kappa shape index (κ2) is 9.64. The summed E-state index contributed by atoms with van der Waals surface area (Å²) in [5, 5.41) is 14.4. The first-order valence-electron chi connectivity index (χ1n) is 9.46. The molecule has 1 aliphatic rings. The first-order valence-corrected chi connectivity index (χ1v) is 11.1. The van der Waals surface area contributed by atoms with E-state index >= 15 is 0 Å². The Balaban J connectivity index is 1.89. The van der Waals surface area contributed by atoms with Gasteiger partial charge in [-0.3, -0.25) is 4.79 Å². The topological polar surface area (TPSA) is 104 Å². The molecule has 8 heteroatoms. The summed E-state index contributed by atoms with van der Waals surface area (Å²) in [6.45, 7) is 4.03. The van der Waals surface area contributed by atoms with Crippen molar-refractivity contribution in [1.29, 1.82) is 0 Å². The molecule has 0 fully saturated rings. The van der Waals surface area contributed by atoms with E-state index in [0.717, 1.165) is 25.9 Å². The number of primary sulfonamides is 1. The Bertz CT molecular complexity index is 711. The van der Waals surface area contributed by atoms with E-state index in [1.54, 1.807) is 6.92 Å². The summed E-state index contributed by atoms with van der Waals surface area (Å²) < 4.78 is 23.4. The normalized spacial score (nSPS) is 17.6. The number of aliphatic hydroxyl groups is 1. The highest BCUT2D eigenvalue weighted by atomic mass is 32.2. The fourth-order valence-corrected chi connectivity index (χ4v) is 4.62. The highest BCUT2D eigenvalue weighted by Gasteiger charge is 2.32. The van der Waals surface area contributed by atoms with Crippen molar-refractivity contribution in [3.8, 4) is 0 Å². The molecular formula is C19H31N3O4S. The van der Waals surface area contributed by atoms with Crippen LogP contribution in [0.4, 0.5) is 0 Å². The van der Waals surface area contributed by atoms with Crippen molar-refractivity contribution >= 4 is 15.9 Å². The van der Waals surface area contributed by atoms with Gasteiger partial charge in [0, 0.05) is 33.2 Å². The Labute approximate surface area is 162 Å². The fraction of sp³-hybridized carbons (Fsp3) is 0.632. The number of aliphatic hydroxyl groups excluding tert-OH is 1. The van der Waals surface area contributed by atoms with Gasteiger partial charge in [-0.2, -0.15) is 0 Å². The number of β-amino-alcohol motifs (C(OH)–C–C–N with tert-alkyl or cyclic N) is 1. The number of likely N-dealkylation sites (N-methyl/N-ethyl adjacent to an activating group) is 1. The molecule has 2 rings (SSSR count). The van der Waals surface area contributed by atoms with Gasteiger partial charge in [0.15, 0.2) is 5.25 Å². The first kappa shape index (κ1) is 21.8. The van der Waals surface area contributed by atoms with Crippen molar-refractivity contribution in [2.75, 3.05) is 33.2 Å². The predicted molar refractivity (Wildman–Crippen MR) is 106 cm³/mol. The molecule has 3 N–H and O–H groups in total. The molecule has 0 saturated carbocycles. The smallest absolute Gasteiger partial charge is 0.242 e. The lowest BCUT2D eigenvalue weighted by atomic mass is 10.0. The minimum absolute atomic E-state index is 0.0814. The summed E-state index contributed by atoms with van der Waals surface area (Å²) >= 11 is 0. The number of benzene rings is 1. The van der Waals surface area contributed by atoms with Crippen LogP contribution in [-0.2, 0) is 27.7 Å². The van der Waals surface area contributed by atoms with Gasteiger partial charge < -0.3 is 14.9 Å². The molecule has 0 aromatic heterocycles. The van der Waals surface area contributed by atoms with Crippen molar-refractivity contribution in [1.82, 2.24) is 9.80 Å². The second-order valence-corrected chi connectivity index (χ2v) is 9.06. The quantitative estimate of drug-likeness (QED) is 0.659. The molecule has 0 bridgehead atoms. The lowest BCUT2D eigenvalue weighted by Crippen LogP contribution is -2.48. The van der Waals surface area contributed by atoms with Crippen molar-refractivity contribution in [3.63, 3.8) is 0 Å². The van der Waals surface area contributed by atoms with Gasteiger partial charge in [0.25, 0.3) is 0 Å². The highest BCUT2D eigenvalue weighted by Crippen LogP contribution is 2.16. The summed E-state index contributed by atoms with van der Waals surface area (Å²) in [4.78, 5) is 15.9. The number of nitrogens with zero attached hydrogens (tertiary/aromatic N) is 2. The van der Waals surface area contributed by atoms with Crippen LogP contribution in [0.15, 0.2) is 24.3 Å². The predicted octanol–water partition coefficient (Wildman–Crippen LogP) is 0.364. The monoisotopic (exact) mass is 397 g/mol. The number of carbonyl (C=O) groups excluding carboxylic acids is 1. The van der Waals surface area contributed by atoms with Gasteiger partial charge in [0.2, 0.25) is 15.9 Å². The average molecular weight is 398 g/mol. The molecule has 1 aliphatic heterocycles. The maximum Gasteiger partial charge on any atom is 0.242 e. The van der Waals surface area contributed by atoms with Crippen LogP contribution in [0.5, 0.6) is 0 Å². The fourth-order valence-electron chi connectivity index (χ4n) is 3.59. The molecule has 2 unspecified atom stereocenters. The van der Waals surface area contributed by atoms with Crippen LogP contribution in [0.25, 0.3) is 0 Å². The zero-order valence-electron chi connectivity index (χ0n) is 16.2. The minimum Gasteiger partial charge on any atom is -0.390 e. The Hall–Kier alpha value is -1.48. The number of fused-ring (bicyclic) bond motifs is 1. The molecule has 27 heavy (non-hydrogen) atoms. The van der Waals surface area contributed by atoms with Gasteiger partial charge in [0.1, 0.15) is 0 Å². The van der Waals surface area contributed by atoms with Crippen LogP contribution < -0.4 is 5.14 Å². The van der Waals surface area contributed by atoms with Gasteiger partial charge in [-0.05, 0) is 30.4 Å². The van der Waals surface area contributed by atoms with Crippen molar-refractivity contribution < 1.29 is 18.3 Å². The van der Waals surface area contributed by atoms with Gasteiger partial charge in [0.05, 0.1) is 6.10 Å². The van der Waals surface area contributed by atoms with Crippen LogP contribution in [0.1, 0.15) is 30.9 Å². The van der Waals surface area contributed by atoms with Crippen LogP contribution >= 0.6 is 0 Å². The largest absolute Gasteiger partial charge is 0.390 e. The zero-order valence-corrected chi connectivity index (χ0v) is 17.0. The molecule has 1 aromatic carbocycles. The Morgan fingerprint density at radius 1 is 1.26 bits per heavy atom. The maximum atomic E-state index is 12.5. The standard InChI is InChI=1S/C19H31N3O4S/c1-3-6-18(27(20,25)26)19(24)21(2)13-17(23)14-22-11-9-15-7-4-5-8-16(15)10-12-22/h4-5,7-8,17-18,23H,3,6,9-14H2,1-2H3,(H2,20,25,26). The Kier molecular flexibility index (Phi) is 7.79. The number of amides is 1. The first-order chi connectivity index (χ1) is 12.7. The molecule has 1 aromatic rings. The second-order valence-electron chi connectivity index (χ2n) is 7.31. The van der Waals surface area contributed by atoms with Crippen LogP contribution in [0.3, 0.4) is 0 Å². The third-order valence-corrected chi connectivity index (χ3v) is 6.30. The molecule has 7 nitrogen and oxygen atoms in total. The van der Waals surface area contributed by atoms with E-state index in [-0.39, 0.29) is 13.0 Å². The number of hydrogen-bond donors (Lipinski definition) is 2. The Morgan fingerprint density at radius 3 is 2.30 bits per heavy atom.